The molecule has 0 bridgehead atoms. The Morgan fingerprint density at radius 1 is 1.50 bits per heavy atom. The molecule has 0 aliphatic carbocycles. The maximum absolute atomic E-state index is 11.9. The molecule has 16 heavy (non-hydrogen) atoms. The number of hydrogen-bond acceptors (Lipinski definition) is 4. The van der Waals surface area contributed by atoms with Gasteiger partial charge >= 0.3 is 12.7 Å². The van der Waals surface area contributed by atoms with E-state index in [1.54, 1.807) is 0 Å². The van der Waals surface area contributed by atoms with Crippen molar-refractivity contribution >= 4 is 16.9 Å². The monoisotopic (exact) mass is 227 g/mol. The number of ether oxygens (including phenoxy) is 1. The summed E-state index contributed by atoms with van der Waals surface area (Å²) in [4.78, 5) is 14.7. The number of fused-ring (bicyclic) bond motifs is 1. The molecule has 1 aromatic carbocycles. The van der Waals surface area contributed by atoms with Gasteiger partial charge in [0, 0.05) is 5.56 Å². The fourth-order valence-electron chi connectivity index (χ4n) is 1.25. The van der Waals surface area contributed by atoms with Crippen LogP contribution < -0.4 is 4.74 Å². The maximum Gasteiger partial charge on any atom is 0.399 e. The summed E-state index contributed by atoms with van der Waals surface area (Å²) < 4.78 is 32.7. The van der Waals surface area contributed by atoms with E-state index < -0.39 is 12.7 Å². The summed E-state index contributed by atoms with van der Waals surface area (Å²) in [6, 6.07) is 4.47. The molecule has 2 rings (SSSR count). The molecule has 0 unspecified atom stereocenters. The van der Waals surface area contributed by atoms with E-state index in [4.69, 9.17) is 4.42 Å². The van der Waals surface area contributed by atoms with Crippen LogP contribution in [0.1, 0.15) is 17.3 Å². The smallest absolute Gasteiger partial charge is 0.399 e. The first-order valence-corrected chi connectivity index (χ1v) is 4.42. The van der Waals surface area contributed by atoms with Crippen molar-refractivity contribution in [1.82, 2.24) is 4.98 Å². The Morgan fingerprint density at radius 3 is 2.88 bits per heavy atom. The number of benzene rings is 1. The number of ketones is 1. The molecule has 0 spiro atoms. The van der Waals surface area contributed by atoms with Crippen molar-refractivity contribution < 1.29 is 22.7 Å². The van der Waals surface area contributed by atoms with E-state index in [1.165, 1.54) is 25.1 Å². The minimum atomic E-state index is -2.99. The normalized spacial score (nSPS) is 11.0. The topological polar surface area (TPSA) is 52.3 Å². The van der Waals surface area contributed by atoms with Crippen LogP contribution in [0.4, 0.5) is 8.78 Å². The van der Waals surface area contributed by atoms with Crippen molar-refractivity contribution in [1.29, 1.82) is 0 Å². The van der Waals surface area contributed by atoms with Crippen LogP contribution in [0.25, 0.3) is 11.1 Å². The summed E-state index contributed by atoms with van der Waals surface area (Å²) >= 11 is 0. The third-order valence-corrected chi connectivity index (χ3v) is 1.96. The Hall–Kier alpha value is -1.98. The fraction of sp³-hybridized carbons (Fsp3) is 0.200. The Morgan fingerprint density at radius 2 is 2.25 bits per heavy atom. The maximum atomic E-state index is 11.9. The molecule has 0 saturated carbocycles. The van der Waals surface area contributed by atoms with E-state index in [2.05, 4.69) is 9.72 Å². The highest BCUT2D eigenvalue weighted by Crippen LogP contribution is 2.22. The SMILES string of the molecule is CC(=O)c1ccc2oc(OC(F)F)nc2c1. The zero-order chi connectivity index (χ0) is 11.7. The van der Waals surface area contributed by atoms with Gasteiger partial charge in [0.25, 0.3) is 0 Å². The first kappa shape index (κ1) is 10.5. The van der Waals surface area contributed by atoms with Crippen molar-refractivity contribution in [2.24, 2.45) is 0 Å². The number of carbonyl (C=O) groups excluding carboxylic acids is 1. The van der Waals surface area contributed by atoms with Crippen molar-refractivity contribution in [3.8, 4) is 6.08 Å². The Bertz CT molecular complexity index is 536. The molecule has 1 heterocycles. The van der Waals surface area contributed by atoms with E-state index in [-0.39, 0.29) is 5.78 Å². The lowest BCUT2D eigenvalue weighted by Crippen LogP contribution is -2.01. The van der Waals surface area contributed by atoms with Gasteiger partial charge in [-0.25, -0.2) is 0 Å². The number of aromatic nitrogens is 1. The van der Waals surface area contributed by atoms with Crippen LogP contribution in [-0.2, 0) is 0 Å². The van der Waals surface area contributed by atoms with Crippen LogP contribution in [0.2, 0.25) is 0 Å². The van der Waals surface area contributed by atoms with Crippen LogP contribution in [-0.4, -0.2) is 17.4 Å². The molecule has 6 heteroatoms. The largest absolute Gasteiger partial charge is 0.409 e. The molecule has 0 fully saturated rings. The second-order valence-electron chi connectivity index (χ2n) is 3.10. The molecule has 84 valence electrons. The predicted octanol–water partition coefficient (Wildman–Crippen LogP) is 2.63. The molecule has 2 aromatic rings. The van der Waals surface area contributed by atoms with Crippen LogP contribution in [0, 0.1) is 0 Å². The highest BCUT2D eigenvalue weighted by Gasteiger charge is 2.12. The molecule has 4 nitrogen and oxygen atoms in total. The average molecular weight is 227 g/mol. The number of alkyl halides is 2. The van der Waals surface area contributed by atoms with Gasteiger partial charge in [0.1, 0.15) is 5.52 Å². The summed E-state index contributed by atoms with van der Waals surface area (Å²) in [5.74, 6) is -0.138. The van der Waals surface area contributed by atoms with E-state index in [9.17, 15) is 13.6 Å². The lowest BCUT2D eigenvalue weighted by molar-refractivity contribution is -0.0664. The Kier molecular flexibility index (Phi) is 2.55. The van der Waals surface area contributed by atoms with Gasteiger partial charge in [-0.1, -0.05) is 0 Å². The zero-order valence-electron chi connectivity index (χ0n) is 8.24. The van der Waals surface area contributed by atoms with E-state index >= 15 is 0 Å². The summed E-state index contributed by atoms with van der Waals surface area (Å²) in [6.45, 7) is -1.59. The third kappa shape index (κ3) is 2.00. The van der Waals surface area contributed by atoms with Crippen molar-refractivity contribution in [2.75, 3.05) is 0 Å². The van der Waals surface area contributed by atoms with Gasteiger partial charge in [0.15, 0.2) is 11.4 Å². The van der Waals surface area contributed by atoms with Gasteiger partial charge < -0.3 is 9.15 Å². The lowest BCUT2D eigenvalue weighted by atomic mass is 10.1. The molecule has 0 radical (unpaired) electrons. The Balaban J connectivity index is 2.42. The third-order valence-electron chi connectivity index (χ3n) is 1.96. The minimum Gasteiger partial charge on any atom is -0.409 e. The molecule has 0 aliphatic heterocycles. The summed E-state index contributed by atoms with van der Waals surface area (Å²) in [5.41, 5.74) is 1.04. The van der Waals surface area contributed by atoms with Crippen molar-refractivity contribution in [3.63, 3.8) is 0 Å². The van der Waals surface area contributed by atoms with Crippen LogP contribution in [0.3, 0.4) is 0 Å². The Labute approximate surface area is 88.8 Å². The van der Waals surface area contributed by atoms with E-state index in [0.29, 0.717) is 16.7 Å². The molecule has 0 N–H and O–H groups in total. The minimum absolute atomic E-state index is 0.138. The molecule has 1 aromatic heterocycles. The lowest BCUT2D eigenvalue weighted by Gasteiger charge is -1.94. The number of oxazole rings is 1. The molecule has 0 atom stereocenters. The first-order chi connectivity index (χ1) is 7.56. The number of nitrogens with zero attached hydrogens (tertiary/aromatic N) is 1. The highest BCUT2D eigenvalue weighted by atomic mass is 19.3. The standard InChI is InChI=1S/C10H7F2NO3/c1-5(14)6-2-3-8-7(4-6)13-10(15-8)16-9(11)12/h2-4,9H,1H3. The van der Waals surface area contributed by atoms with Crippen LogP contribution in [0.5, 0.6) is 6.08 Å². The van der Waals surface area contributed by atoms with Crippen LogP contribution in [0.15, 0.2) is 22.6 Å². The molecule has 0 aliphatic rings. The van der Waals surface area contributed by atoms with Crippen molar-refractivity contribution in [2.45, 2.75) is 13.5 Å². The fourth-order valence-corrected chi connectivity index (χ4v) is 1.25. The number of rotatable bonds is 3. The van der Waals surface area contributed by atoms with Gasteiger partial charge in [-0.05, 0) is 25.1 Å². The van der Waals surface area contributed by atoms with Crippen molar-refractivity contribution in [3.05, 3.63) is 23.8 Å². The first-order valence-electron chi connectivity index (χ1n) is 4.42. The summed E-state index contributed by atoms with van der Waals surface area (Å²) in [7, 11) is 0. The molecular formula is C10H7F2NO3. The van der Waals surface area contributed by atoms with E-state index in [0.717, 1.165) is 0 Å². The average Bonchev–Trinajstić information content (AvgIpc) is 2.56. The molecule has 0 saturated heterocycles. The van der Waals surface area contributed by atoms with Gasteiger partial charge in [0.05, 0.1) is 0 Å². The molecule has 0 amide bonds. The quantitative estimate of drug-likeness (QED) is 0.756. The predicted molar refractivity (Wildman–Crippen MR) is 50.6 cm³/mol. The highest BCUT2D eigenvalue weighted by molar-refractivity contribution is 5.96. The number of carbonyl (C=O) groups is 1. The van der Waals surface area contributed by atoms with Gasteiger partial charge in [0.2, 0.25) is 0 Å². The number of Topliss-reactive ketones (excluding diaryl/α,β-unsaturated/α-hetero) is 1. The van der Waals surface area contributed by atoms with Gasteiger partial charge in [-0.15, -0.1) is 0 Å². The van der Waals surface area contributed by atoms with Gasteiger partial charge in [-0.2, -0.15) is 13.8 Å². The van der Waals surface area contributed by atoms with Crippen LogP contribution >= 0.6 is 0 Å². The summed E-state index contributed by atoms with van der Waals surface area (Å²) in [5, 5.41) is 0. The second-order valence-corrected chi connectivity index (χ2v) is 3.10. The molecular weight excluding hydrogens is 220 g/mol. The van der Waals surface area contributed by atoms with E-state index in [1.807, 2.05) is 0 Å². The summed E-state index contributed by atoms with van der Waals surface area (Å²) in [6.07, 6.45) is -0.509. The second kappa shape index (κ2) is 3.88. The zero-order valence-corrected chi connectivity index (χ0v) is 8.24. The number of halogens is 2. The van der Waals surface area contributed by atoms with Gasteiger partial charge in [-0.3, -0.25) is 4.79 Å². The number of hydrogen-bond donors (Lipinski definition) is 0.